The lowest BCUT2D eigenvalue weighted by Crippen LogP contribution is -2.54. The van der Waals surface area contributed by atoms with Crippen LogP contribution in [-0.2, 0) is 17.8 Å². The van der Waals surface area contributed by atoms with Crippen LogP contribution in [0.25, 0.3) is 0 Å². The van der Waals surface area contributed by atoms with Crippen LogP contribution in [0.4, 0.5) is 4.79 Å². The molecule has 2 aromatic carbocycles. The van der Waals surface area contributed by atoms with Gasteiger partial charge in [-0.05, 0) is 42.9 Å². The molecule has 1 amide bonds. The number of nitrogens with zero attached hydrogens (tertiary/aromatic N) is 2. The Bertz CT molecular complexity index is 876. The predicted molar refractivity (Wildman–Crippen MR) is 104 cm³/mol. The van der Waals surface area contributed by atoms with Crippen LogP contribution in [0.15, 0.2) is 54.6 Å². The van der Waals surface area contributed by atoms with E-state index in [-0.39, 0.29) is 24.8 Å². The number of carbonyl (C=O) groups excluding carboxylic acids is 1. The smallest absolute Gasteiger partial charge is 0.410 e. The summed E-state index contributed by atoms with van der Waals surface area (Å²) in [6.07, 6.45) is 2.95. The highest BCUT2D eigenvalue weighted by Gasteiger charge is 2.50. The summed E-state index contributed by atoms with van der Waals surface area (Å²) in [6, 6.07) is 19.2. The van der Waals surface area contributed by atoms with E-state index in [0.29, 0.717) is 24.8 Å². The van der Waals surface area contributed by atoms with Crippen molar-refractivity contribution in [2.75, 3.05) is 0 Å². The first-order valence-electron chi connectivity index (χ1n) is 9.77. The summed E-state index contributed by atoms with van der Waals surface area (Å²) in [7, 11) is 0. The second kappa shape index (κ2) is 7.65. The van der Waals surface area contributed by atoms with Gasteiger partial charge in [-0.25, -0.2) is 4.79 Å². The van der Waals surface area contributed by atoms with Crippen LogP contribution < -0.4 is 0 Å². The van der Waals surface area contributed by atoms with Gasteiger partial charge in [0.1, 0.15) is 6.61 Å². The summed E-state index contributed by atoms with van der Waals surface area (Å²) >= 11 is 0. The fourth-order valence-corrected chi connectivity index (χ4v) is 4.70. The summed E-state index contributed by atoms with van der Waals surface area (Å²) in [5.41, 5.74) is 1.54. The molecule has 0 saturated carbocycles. The minimum Gasteiger partial charge on any atom is -0.445 e. The topological polar surface area (TPSA) is 73.6 Å². The quantitative estimate of drug-likeness (QED) is 0.881. The Morgan fingerprint density at radius 3 is 2.43 bits per heavy atom. The Morgan fingerprint density at radius 1 is 1.11 bits per heavy atom. The van der Waals surface area contributed by atoms with Crippen molar-refractivity contribution in [1.82, 2.24) is 4.90 Å². The van der Waals surface area contributed by atoms with Crippen LogP contribution >= 0.6 is 0 Å². The molecule has 2 atom stereocenters. The first-order valence-corrected chi connectivity index (χ1v) is 9.77. The van der Waals surface area contributed by atoms with Gasteiger partial charge in [-0.3, -0.25) is 0 Å². The average molecular weight is 376 g/mol. The van der Waals surface area contributed by atoms with Crippen molar-refractivity contribution >= 4 is 6.09 Å². The second-order valence-corrected chi connectivity index (χ2v) is 7.91. The van der Waals surface area contributed by atoms with E-state index < -0.39 is 5.60 Å². The third kappa shape index (κ3) is 3.74. The zero-order valence-corrected chi connectivity index (χ0v) is 15.8. The second-order valence-electron chi connectivity index (χ2n) is 7.91. The fraction of sp³-hybridized carbons (Fsp3) is 0.391. The molecule has 1 N–H and O–H groups in total. The minimum absolute atomic E-state index is 0.0127. The first-order chi connectivity index (χ1) is 13.6. The summed E-state index contributed by atoms with van der Waals surface area (Å²) in [4.78, 5) is 14.5. The molecule has 28 heavy (non-hydrogen) atoms. The molecule has 2 aliphatic rings. The van der Waals surface area contributed by atoms with E-state index in [9.17, 15) is 15.2 Å². The average Bonchev–Trinajstić information content (AvgIpc) is 2.99. The molecule has 2 aliphatic heterocycles. The Morgan fingerprint density at radius 2 is 1.75 bits per heavy atom. The van der Waals surface area contributed by atoms with E-state index in [2.05, 4.69) is 6.07 Å². The van der Waals surface area contributed by atoms with E-state index >= 15 is 0 Å². The molecule has 2 bridgehead atoms. The standard InChI is InChI=1S/C23H24N2O3/c24-15-19-9-5-4-8-18(19)12-23(27)13-20-10-11-21(14-23)25(20)22(26)28-16-17-6-2-1-3-7-17/h1-9,20-21,27H,10-14,16H2. The van der Waals surface area contributed by atoms with Crippen molar-refractivity contribution in [2.45, 2.75) is 56.4 Å². The normalized spacial score (nSPS) is 25.9. The molecule has 2 heterocycles. The number of benzene rings is 2. The largest absolute Gasteiger partial charge is 0.445 e. The number of nitriles is 1. The zero-order valence-electron chi connectivity index (χ0n) is 15.8. The van der Waals surface area contributed by atoms with Gasteiger partial charge in [-0.2, -0.15) is 5.26 Å². The van der Waals surface area contributed by atoms with Crippen molar-refractivity contribution in [3.05, 3.63) is 71.3 Å². The number of rotatable bonds is 4. The van der Waals surface area contributed by atoms with E-state index in [1.54, 1.807) is 6.07 Å². The number of hydrogen-bond acceptors (Lipinski definition) is 4. The molecule has 2 saturated heterocycles. The van der Waals surface area contributed by atoms with Crippen molar-refractivity contribution < 1.29 is 14.6 Å². The van der Waals surface area contributed by atoms with Crippen LogP contribution in [0, 0.1) is 11.3 Å². The highest BCUT2D eigenvalue weighted by molar-refractivity contribution is 5.69. The van der Waals surface area contributed by atoms with Gasteiger partial charge in [0, 0.05) is 18.5 Å². The van der Waals surface area contributed by atoms with Crippen molar-refractivity contribution in [2.24, 2.45) is 0 Å². The maximum Gasteiger partial charge on any atom is 0.410 e. The van der Waals surface area contributed by atoms with Crippen molar-refractivity contribution in [1.29, 1.82) is 5.26 Å². The SMILES string of the molecule is N#Cc1ccccc1CC1(O)CC2CCC(C1)N2C(=O)OCc1ccccc1. The molecular formula is C23H24N2O3. The van der Waals surface area contributed by atoms with Gasteiger partial charge in [-0.1, -0.05) is 48.5 Å². The first kappa shape index (κ1) is 18.5. The molecule has 4 rings (SSSR count). The molecule has 0 radical (unpaired) electrons. The van der Waals surface area contributed by atoms with Crippen molar-refractivity contribution in [3.63, 3.8) is 0 Å². The highest BCUT2D eigenvalue weighted by atomic mass is 16.6. The summed E-state index contributed by atoms with van der Waals surface area (Å²) < 4.78 is 5.53. The predicted octanol–water partition coefficient (Wildman–Crippen LogP) is 3.80. The molecule has 144 valence electrons. The van der Waals surface area contributed by atoms with Gasteiger partial charge < -0.3 is 14.7 Å². The minimum atomic E-state index is -0.894. The molecular weight excluding hydrogens is 352 g/mol. The number of ether oxygens (including phenoxy) is 1. The molecule has 0 aliphatic carbocycles. The van der Waals surface area contributed by atoms with Gasteiger partial charge in [0.2, 0.25) is 0 Å². The molecule has 2 unspecified atom stereocenters. The Labute approximate surface area is 165 Å². The van der Waals surface area contributed by atoms with E-state index in [0.717, 1.165) is 24.0 Å². The Balaban J connectivity index is 1.42. The number of carbonyl (C=O) groups is 1. The lowest BCUT2D eigenvalue weighted by atomic mass is 9.80. The molecule has 2 fully saturated rings. The third-order valence-electron chi connectivity index (χ3n) is 5.92. The van der Waals surface area contributed by atoms with Gasteiger partial charge in [0.15, 0.2) is 0 Å². The van der Waals surface area contributed by atoms with E-state index in [1.807, 2.05) is 53.4 Å². The van der Waals surface area contributed by atoms with E-state index in [1.165, 1.54) is 0 Å². The Kier molecular flexibility index (Phi) is 5.06. The molecule has 5 heteroatoms. The number of fused-ring (bicyclic) bond motifs is 2. The number of piperidine rings is 1. The third-order valence-corrected chi connectivity index (χ3v) is 5.92. The lowest BCUT2D eigenvalue weighted by molar-refractivity contribution is -0.0485. The van der Waals surface area contributed by atoms with Crippen LogP contribution in [0.3, 0.4) is 0 Å². The van der Waals surface area contributed by atoms with Gasteiger partial charge in [0.25, 0.3) is 0 Å². The molecule has 0 spiro atoms. The number of hydrogen-bond donors (Lipinski definition) is 1. The number of aliphatic hydroxyl groups is 1. The van der Waals surface area contributed by atoms with Gasteiger partial charge in [0.05, 0.1) is 17.2 Å². The molecule has 5 nitrogen and oxygen atoms in total. The summed E-state index contributed by atoms with van der Waals surface area (Å²) in [6.45, 7) is 0.259. The van der Waals surface area contributed by atoms with Crippen molar-refractivity contribution in [3.8, 4) is 6.07 Å². The van der Waals surface area contributed by atoms with Crippen LogP contribution in [0.5, 0.6) is 0 Å². The van der Waals surface area contributed by atoms with Gasteiger partial charge >= 0.3 is 6.09 Å². The monoisotopic (exact) mass is 376 g/mol. The maximum atomic E-state index is 12.7. The Hall–Kier alpha value is -2.84. The van der Waals surface area contributed by atoms with Crippen LogP contribution in [-0.4, -0.2) is 33.8 Å². The molecule has 2 aromatic rings. The summed E-state index contributed by atoms with van der Waals surface area (Å²) in [5, 5.41) is 20.6. The van der Waals surface area contributed by atoms with Gasteiger partial charge in [-0.15, -0.1) is 0 Å². The number of amides is 1. The highest BCUT2D eigenvalue weighted by Crippen LogP contribution is 2.42. The lowest BCUT2D eigenvalue weighted by Gasteiger charge is -2.43. The maximum absolute atomic E-state index is 12.7. The van der Waals surface area contributed by atoms with E-state index in [4.69, 9.17) is 4.74 Å². The zero-order chi connectivity index (χ0) is 19.6. The van der Waals surface area contributed by atoms with Crippen LogP contribution in [0.2, 0.25) is 0 Å². The fourth-order valence-electron chi connectivity index (χ4n) is 4.70. The van der Waals surface area contributed by atoms with Crippen LogP contribution in [0.1, 0.15) is 42.4 Å². The summed E-state index contributed by atoms with van der Waals surface area (Å²) in [5.74, 6) is 0. The molecule has 0 aromatic heterocycles.